The van der Waals surface area contributed by atoms with E-state index in [0.717, 1.165) is 31.4 Å². The quantitative estimate of drug-likeness (QED) is 0.565. The Kier molecular flexibility index (Phi) is 6.74. The topological polar surface area (TPSA) is 113 Å². The van der Waals surface area contributed by atoms with Gasteiger partial charge in [-0.05, 0) is 50.9 Å². The molecule has 5 rings (SSSR count). The number of nitrogens with zero attached hydrogens (tertiary/aromatic N) is 3. The van der Waals surface area contributed by atoms with E-state index in [1.807, 2.05) is 29.2 Å². The van der Waals surface area contributed by atoms with Crippen molar-refractivity contribution in [2.75, 3.05) is 32.7 Å². The SMILES string of the molecule is O=C(Cc1noc2ccccc12)N1CCC2(CC1)CC(CN1CCCC1)OC2=O.O=CO. The highest BCUT2D eigenvalue weighted by Gasteiger charge is 2.51. The summed E-state index contributed by atoms with van der Waals surface area (Å²) in [6.07, 6.45) is 4.88. The molecule has 9 nitrogen and oxygen atoms in total. The van der Waals surface area contributed by atoms with Crippen molar-refractivity contribution >= 4 is 29.3 Å². The van der Waals surface area contributed by atoms with Crippen molar-refractivity contribution < 1.29 is 28.8 Å². The molecule has 0 saturated carbocycles. The molecule has 3 aliphatic rings. The molecule has 1 atom stereocenters. The lowest BCUT2D eigenvalue weighted by Crippen LogP contribution is -2.45. The lowest BCUT2D eigenvalue weighted by Gasteiger charge is -2.36. The molecule has 3 aliphatic heterocycles. The van der Waals surface area contributed by atoms with Gasteiger partial charge in [0.2, 0.25) is 5.91 Å². The maximum Gasteiger partial charge on any atom is 0.312 e. The molecule has 1 N–H and O–H groups in total. The molecule has 2 aromatic rings. The minimum absolute atomic E-state index is 0.00402. The van der Waals surface area contributed by atoms with Crippen molar-refractivity contribution in [1.29, 1.82) is 0 Å². The summed E-state index contributed by atoms with van der Waals surface area (Å²) in [5.74, 6) is -0.0184. The number of rotatable bonds is 4. The van der Waals surface area contributed by atoms with Gasteiger partial charge in [0, 0.05) is 31.4 Å². The first-order valence-electron chi connectivity index (χ1n) is 11.2. The number of carbonyl (C=O) groups is 3. The Morgan fingerprint density at radius 2 is 1.88 bits per heavy atom. The Bertz CT molecular complexity index is 960. The number of para-hydroxylation sites is 1. The number of carboxylic acid groups (broad SMARTS) is 1. The number of hydrogen-bond acceptors (Lipinski definition) is 7. The van der Waals surface area contributed by atoms with Gasteiger partial charge in [-0.15, -0.1) is 0 Å². The number of likely N-dealkylation sites (tertiary alicyclic amines) is 2. The minimum Gasteiger partial charge on any atom is -0.483 e. The van der Waals surface area contributed by atoms with Crippen LogP contribution in [0.25, 0.3) is 11.0 Å². The second kappa shape index (κ2) is 9.68. The van der Waals surface area contributed by atoms with Crippen LogP contribution < -0.4 is 0 Å². The van der Waals surface area contributed by atoms with Gasteiger partial charge in [-0.1, -0.05) is 17.3 Å². The molecule has 1 amide bonds. The number of amides is 1. The average molecular weight is 444 g/mol. The Hall–Kier alpha value is -2.94. The van der Waals surface area contributed by atoms with Crippen LogP contribution in [0.5, 0.6) is 0 Å². The van der Waals surface area contributed by atoms with Crippen molar-refractivity contribution in [3.63, 3.8) is 0 Å². The van der Waals surface area contributed by atoms with Crippen molar-refractivity contribution in [3.05, 3.63) is 30.0 Å². The average Bonchev–Trinajstić information content (AvgIpc) is 3.51. The van der Waals surface area contributed by atoms with E-state index in [0.29, 0.717) is 37.2 Å². The fraction of sp³-hybridized carbons (Fsp3) is 0.565. The zero-order valence-corrected chi connectivity index (χ0v) is 18.1. The monoisotopic (exact) mass is 443 g/mol. The van der Waals surface area contributed by atoms with Crippen LogP contribution in [-0.4, -0.2) is 77.2 Å². The summed E-state index contributed by atoms with van der Waals surface area (Å²) in [5.41, 5.74) is 0.976. The molecule has 1 unspecified atom stereocenters. The number of cyclic esters (lactones) is 1. The van der Waals surface area contributed by atoms with Crippen molar-refractivity contribution in [2.24, 2.45) is 5.41 Å². The van der Waals surface area contributed by atoms with Crippen LogP contribution in [0.1, 0.15) is 37.8 Å². The maximum absolute atomic E-state index is 12.8. The van der Waals surface area contributed by atoms with Crippen LogP contribution in [0.4, 0.5) is 0 Å². The molecule has 0 aliphatic carbocycles. The first-order valence-corrected chi connectivity index (χ1v) is 11.2. The molecular weight excluding hydrogens is 414 g/mol. The molecule has 4 heterocycles. The second-order valence-corrected chi connectivity index (χ2v) is 8.81. The van der Waals surface area contributed by atoms with Gasteiger partial charge in [0.15, 0.2) is 5.58 Å². The van der Waals surface area contributed by atoms with Gasteiger partial charge >= 0.3 is 5.97 Å². The molecule has 3 fully saturated rings. The van der Waals surface area contributed by atoms with E-state index in [9.17, 15) is 9.59 Å². The van der Waals surface area contributed by atoms with Crippen LogP contribution in [-0.2, 0) is 25.5 Å². The summed E-state index contributed by atoms with van der Waals surface area (Å²) in [5, 5.41) is 11.8. The highest BCUT2D eigenvalue weighted by Crippen LogP contribution is 2.43. The van der Waals surface area contributed by atoms with Gasteiger partial charge < -0.3 is 19.3 Å². The van der Waals surface area contributed by atoms with Gasteiger partial charge in [0.25, 0.3) is 6.47 Å². The number of ether oxygens (including phenoxy) is 1. The Morgan fingerprint density at radius 3 is 2.59 bits per heavy atom. The summed E-state index contributed by atoms with van der Waals surface area (Å²) in [4.78, 5) is 38.1. The van der Waals surface area contributed by atoms with Crippen molar-refractivity contribution in [1.82, 2.24) is 15.0 Å². The van der Waals surface area contributed by atoms with Crippen LogP contribution >= 0.6 is 0 Å². The molecule has 32 heavy (non-hydrogen) atoms. The van der Waals surface area contributed by atoms with Gasteiger partial charge in [-0.25, -0.2) is 0 Å². The third-order valence-corrected chi connectivity index (χ3v) is 6.83. The smallest absolute Gasteiger partial charge is 0.312 e. The predicted molar refractivity (Wildman–Crippen MR) is 115 cm³/mol. The molecule has 0 radical (unpaired) electrons. The van der Waals surface area contributed by atoms with E-state index >= 15 is 0 Å². The van der Waals surface area contributed by atoms with Gasteiger partial charge in [-0.3, -0.25) is 19.3 Å². The first kappa shape index (κ1) is 22.3. The largest absolute Gasteiger partial charge is 0.483 e. The molecule has 1 aromatic heterocycles. The lowest BCUT2D eigenvalue weighted by molar-refractivity contribution is -0.152. The molecule has 172 valence electrons. The molecule has 9 heteroatoms. The van der Waals surface area contributed by atoms with E-state index in [1.165, 1.54) is 12.8 Å². The highest BCUT2D eigenvalue weighted by molar-refractivity contribution is 5.86. The normalized spacial score (nSPS) is 22.6. The Morgan fingerprint density at radius 1 is 1.19 bits per heavy atom. The van der Waals surface area contributed by atoms with Crippen molar-refractivity contribution in [2.45, 2.75) is 44.6 Å². The van der Waals surface area contributed by atoms with E-state index in [2.05, 4.69) is 10.1 Å². The molecule has 1 spiro atoms. The number of esters is 1. The summed E-state index contributed by atoms with van der Waals surface area (Å²) < 4.78 is 11.0. The Balaban J connectivity index is 0.000000775. The Labute approximate surface area is 186 Å². The van der Waals surface area contributed by atoms with E-state index in [4.69, 9.17) is 19.2 Å². The third-order valence-electron chi connectivity index (χ3n) is 6.83. The number of piperidine rings is 1. The molecule has 0 bridgehead atoms. The predicted octanol–water partition coefficient (Wildman–Crippen LogP) is 2.09. The van der Waals surface area contributed by atoms with Crippen LogP contribution in [0.15, 0.2) is 28.8 Å². The fourth-order valence-corrected chi connectivity index (χ4v) is 5.11. The summed E-state index contributed by atoms with van der Waals surface area (Å²) in [6.45, 7) is 4.02. The lowest BCUT2D eigenvalue weighted by atomic mass is 9.76. The molecular formula is C23H29N3O6. The number of benzene rings is 1. The van der Waals surface area contributed by atoms with Crippen LogP contribution in [0, 0.1) is 5.41 Å². The molecule has 1 aromatic carbocycles. The standard InChI is InChI=1S/C22H27N3O4.CH2O2/c26-20(13-18-17-5-1-2-6-19(17)29-23-18)25-11-7-22(8-12-25)14-16(28-21(22)27)15-24-9-3-4-10-24;2-1-3/h1-2,5-6,16H,3-4,7-15H2;1H,(H,2,3). The summed E-state index contributed by atoms with van der Waals surface area (Å²) in [7, 11) is 0. The fourth-order valence-electron chi connectivity index (χ4n) is 5.11. The number of aromatic nitrogens is 1. The van der Waals surface area contributed by atoms with Crippen molar-refractivity contribution in [3.8, 4) is 0 Å². The highest BCUT2D eigenvalue weighted by atomic mass is 16.6. The minimum atomic E-state index is -0.401. The second-order valence-electron chi connectivity index (χ2n) is 8.81. The zero-order valence-electron chi connectivity index (χ0n) is 18.1. The van der Waals surface area contributed by atoms with Crippen LogP contribution in [0.3, 0.4) is 0 Å². The maximum atomic E-state index is 12.8. The van der Waals surface area contributed by atoms with E-state index in [1.54, 1.807) is 0 Å². The third kappa shape index (κ3) is 4.62. The first-order chi connectivity index (χ1) is 15.5. The zero-order chi connectivity index (χ0) is 22.6. The number of hydrogen-bond donors (Lipinski definition) is 1. The van der Waals surface area contributed by atoms with Gasteiger partial charge in [0.1, 0.15) is 11.8 Å². The van der Waals surface area contributed by atoms with E-state index in [-0.39, 0.29) is 30.9 Å². The number of carbonyl (C=O) groups excluding carboxylic acids is 2. The van der Waals surface area contributed by atoms with Gasteiger partial charge in [-0.2, -0.15) is 0 Å². The summed E-state index contributed by atoms with van der Waals surface area (Å²) >= 11 is 0. The van der Waals surface area contributed by atoms with Gasteiger partial charge in [0.05, 0.1) is 11.8 Å². The van der Waals surface area contributed by atoms with Crippen LogP contribution in [0.2, 0.25) is 0 Å². The van der Waals surface area contributed by atoms with E-state index < -0.39 is 5.41 Å². The number of fused-ring (bicyclic) bond motifs is 1. The summed E-state index contributed by atoms with van der Waals surface area (Å²) in [6, 6.07) is 7.59. The molecule has 3 saturated heterocycles.